The second-order valence-corrected chi connectivity index (χ2v) is 3.06. The molecule has 1 N–H and O–H groups in total. The molecule has 4 nitrogen and oxygen atoms in total. The summed E-state index contributed by atoms with van der Waals surface area (Å²) in [6, 6.07) is 3.99. The molecular formula is C11H8FNO3. The Morgan fingerprint density at radius 1 is 1.50 bits per heavy atom. The molecule has 0 spiro atoms. The quantitative estimate of drug-likeness (QED) is 0.620. The maximum Gasteiger partial charge on any atom is 0.377 e. The van der Waals surface area contributed by atoms with Crippen molar-refractivity contribution < 1.29 is 19.1 Å². The van der Waals surface area contributed by atoms with Gasteiger partial charge in [-0.2, -0.15) is 5.26 Å². The second-order valence-electron chi connectivity index (χ2n) is 3.06. The number of Topliss-reactive ketones (excluding diaryl/α,β-unsaturated/α-hetero) is 1. The van der Waals surface area contributed by atoms with Gasteiger partial charge in [-0.05, 0) is 18.1 Å². The largest absolute Gasteiger partial charge is 0.475 e. The summed E-state index contributed by atoms with van der Waals surface area (Å²) in [5.74, 6) is -3.81. The van der Waals surface area contributed by atoms with Crippen molar-refractivity contribution in [2.24, 2.45) is 0 Å². The number of carboxylic acid groups (broad SMARTS) is 1. The number of aryl methyl sites for hydroxylation is 1. The van der Waals surface area contributed by atoms with Crippen molar-refractivity contribution in [3.63, 3.8) is 0 Å². The van der Waals surface area contributed by atoms with E-state index in [1.165, 1.54) is 12.1 Å². The summed E-state index contributed by atoms with van der Waals surface area (Å²) in [6.07, 6.45) is 0.363. The van der Waals surface area contributed by atoms with Crippen LogP contribution in [0.15, 0.2) is 12.1 Å². The Labute approximate surface area is 90.9 Å². The van der Waals surface area contributed by atoms with Gasteiger partial charge in [-0.15, -0.1) is 0 Å². The van der Waals surface area contributed by atoms with Crippen molar-refractivity contribution in [3.8, 4) is 6.07 Å². The van der Waals surface area contributed by atoms with Gasteiger partial charge < -0.3 is 5.11 Å². The molecule has 0 amide bonds. The third-order valence-corrected chi connectivity index (χ3v) is 2.15. The SMILES string of the molecule is CCc1ccc(C(=O)C(=O)O)c(C#N)c1F. The lowest BCUT2D eigenvalue weighted by Crippen LogP contribution is -2.15. The predicted octanol–water partition coefficient (Wildman–Crippen LogP) is 1.53. The highest BCUT2D eigenvalue weighted by atomic mass is 19.1. The minimum Gasteiger partial charge on any atom is -0.475 e. The molecule has 0 saturated heterocycles. The highest BCUT2D eigenvalue weighted by Gasteiger charge is 2.22. The number of hydrogen-bond acceptors (Lipinski definition) is 3. The molecule has 0 aliphatic rings. The fourth-order valence-corrected chi connectivity index (χ4v) is 1.31. The number of carbonyl (C=O) groups is 2. The zero-order valence-electron chi connectivity index (χ0n) is 8.45. The van der Waals surface area contributed by atoms with E-state index in [0.717, 1.165) is 6.07 Å². The average Bonchev–Trinajstić information content (AvgIpc) is 2.27. The van der Waals surface area contributed by atoms with Gasteiger partial charge in [0, 0.05) is 0 Å². The summed E-state index contributed by atoms with van der Waals surface area (Å²) in [7, 11) is 0. The summed E-state index contributed by atoms with van der Waals surface area (Å²) in [5, 5.41) is 17.2. The number of hydrogen-bond donors (Lipinski definition) is 1. The lowest BCUT2D eigenvalue weighted by molar-refractivity contribution is -0.131. The van der Waals surface area contributed by atoms with Crippen LogP contribution in [-0.4, -0.2) is 16.9 Å². The monoisotopic (exact) mass is 221 g/mol. The van der Waals surface area contributed by atoms with Crippen LogP contribution in [0.3, 0.4) is 0 Å². The Hall–Kier alpha value is -2.22. The van der Waals surface area contributed by atoms with Crippen molar-refractivity contribution in [3.05, 3.63) is 34.6 Å². The number of aliphatic carboxylic acids is 1. The zero-order chi connectivity index (χ0) is 12.3. The van der Waals surface area contributed by atoms with Crippen molar-refractivity contribution in [2.75, 3.05) is 0 Å². The van der Waals surface area contributed by atoms with Gasteiger partial charge in [0.15, 0.2) is 0 Å². The van der Waals surface area contributed by atoms with E-state index < -0.39 is 28.7 Å². The Bertz CT molecular complexity index is 503. The number of halogens is 1. The van der Waals surface area contributed by atoms with E-state index in [0.29, 0.717) is 6.42 Å². The average molecular weight is 221 g/mol. The van der Waals surface area contributed by atoms with Gasteiger partial charge in [0.2, 0.25) is 0 Å². The molecule has 0 radical (unpaired) electrons. The van der Waals surface area contributed by atoms with E-state index in [9.17, 15) is 14.0 Å². The molecule has 1 aromatic carbocycles. The van der Waals surface area contributed by atoms with Crippen LogP contribution >= 0.6 is 0 Å². The zero-order valence-corrected chi connectivity index (χ0v) is 8.45. The summed E-state index contributed by atoms with van der Waals surface area (Å²) in [4.78, 5) is 21.6. The van der Waals surface area contributed by atoms with E-state index in [-0.39, 0.29) is 5.56 Å². The molecule has 0 atom stereocenters. The lowest BCUT2D eigenvalue weighted by atomic mass is 9.99. The molecule has 0 aromatic heterocycles. The van der Waals surface area contributed by atoms with Crippen LogP contribution < -0.4 is 0 Å². The summed E-state index contributed by atoms with van der Waals surface area (Å²) >= 11 is 0. The van der Waals surface area contributed by atoms with Crippen LogP contribution in [0, 0.1) is 17.1 Å². The standard InChI is InChI=1S/C11H8FNO3/c1-2-6-3-4-7(10(14)11(15)16)8(5-13)9(6)12/h3-4H,2H2,1H3,(H,15,16). The molecule has 0 heterocycles. The number of carboxylic acids is 1. The molecule has 0 unspecified atom stereocenters. The first-order valence-corrected chi connectivity index (χ1v) is 4.52. The number of nitriles is 1. The molecule has 1 aromatic rings. The van der Waals surface area contributed by atoms with Gasteiger partial charge in [0.1, 0.15) is 11.9 Å². The normalized spacial score (nSPS) is 9.56. The van der Waals surface area contributed by atoms with Gasteiger partial charge in [0.25, 0.3) is 5.78 Å². The first-order valence-electron chi connectivity index (χ1n) is 4.52. The lowest BCUT2D eigenvalue weighted by Gasteiger charge is -2.05. The van der Waals surface area contributed by atoms with E-state index in [4.69, 9.17) is 10.4 Å². The van der Waals surface area contributed by atoms with Gasteiger partial charge in [-0.3, -0.25) is 4.79 Å². The number of nitrogens with zero attached hydrogens (tertiary/aromatic N) is 1. The van der Waals surface area contributed by atoms with E-state index in [1.54, 1.807) is 6.92 Å². The van der Waals surface area contributed by atoms with Crippen LogP contribution in [0.5, 0.6) is 0 Å². The van der Waals surface area contributed by atoms with Crippen LogP contribution in [0.1, 0.15) is 28.4 Å². The Morgan fingerprint density at radius 3 is 2.56 bits per heavy atom. The predicted molar refractivity (Wildman–Crippen MR) is 52.5 cm³/mol. The molecule has 16 heavy (non-hydrogen) atoms. The molecule has 0 bridgehead atoms. The van der Waals surface area contributed by atoms with Gasteiger partial charge in [0.05, 0.1) is 11.1 Å². The highest BCUT2D eigenvalue weighted by Crippen LogP contribution is 2.18. The fraction of sp³-hybridized carbons (Fsp3) is 0.182. The molecule has 0 aliphatic heterocycles. The summed E-state index contributed by atoms with van der Waals surface area (Å²) < 4.78 is 13.6. The molecule has 0 aliphatic carbocycles. The Morgan fingerprint density at radius 2 is 2.12 bits per heavy atom. The molecule has 5 heteroatoms. The Balaban J connectivity index is 3.44. The number of rotatable bonds is 3. The van der Waals surface area contributed by atoms with Crippen molar-refractivity contribution in [1.29, 1.82) is 5.26 Å². The van der Waals surface area contributed by atoms with Crippen molar-refractivity contribution in [2.45, 2.75) is 13.3 Å². The van der Waals surface area contributed by atoms with Crippen LogP contribution in [0.4, 0.5) is 4.39 Å². The van der Waals surface area contributed by atoms with E-state index >= 15 is 0 Å². The minimum absolute atomic E-state index is 0.276. The van der Waals surface area contributed by atoms with Crippen molar-refractivity contribution in [1.82, 2.24) is 0 Å². The Kier molecular flexibility index (Phi) is 3.36. The smallest absolute Gasteiger partial charge is 0.377 e. The second kappa shape index (κ2) is 4.53. The summed E-state index contributed by atoms with van der Waals surface area (Å²) in [5.41, 5.74) is -0.644. The third-order valence-electron chi connectivity index (χ3n) is 2.15. The van der Waals surface area contributed by atoms with Gasteiger partial charge in [-0.1, -0.05) is 13.0 Å². The van der Waals surface area contributed by atoms with Gasteiger partial charge >= 0.3 is 5.97 Å². The summed E-state index contributed by atoms with van der Waals surface area (Å²) in [6.45, 7) is 1.69. The van der Waals surface area contributed by atoms with Crippen LogP contribution in [0.2, 0.25) is 0 Å². The van der Waals surface area contributed by atoms with Gasteiger partial charge in [-0.25, -0.2) is 9.18 Å². The third kappa shape index (κ3) is 1.91. The number of ketones is 1. The molecule has 0 fully saturated rings. The first kappa shape index (κ1) is 11.9. The molecule has 0 saturated carbocycles. The van der Waals surface area contributed by atoms with Crippen LogP contribution in [-0.2, 0) is 11.2 Å². The molecular weight excluding hydrogens is 213 g/mol. The highest BCUT2D eigenvalue weighted by molar-refractivity contribution is 6.40. The maximum absolute atomic E-state index is 13.6. The minimum atomic E-state index is -1.71. The first-order chi connectivity index (χ1) is 7.52. The molecule has 82 valence electrons. The van der Waals surface area contributed by atoms with Crippen molar-refractivity contribution >= 4 is 11.8 Å². The van der Waals surface area contributed by atoms with E-state index in [1.807, 2.05) is 0 Å². The fourth-order valence-electron chi connectivity index (χ4n) is 1.31. The number of benzene rings is 1. The maximum atomic E-state index is 13.6. The number of carbonyl (C=O) groups excluding carboxylic acids is 1. The topological polar surface area (TPSA) is 78.2 Å². The van der Waals surface area contributed by atoms with E-state index in [2.05, 4.69) is 0 Å². The molecule has 1 rings (SSSR count). The van der Waals surface area contributed by atoms with Crippen LogP contribution in [0.25, 0.3) is 0 Å².